The Morgan fingerprint density at radius 3 is 2.73 bits per heavy atom. The van der Waals surface area contributed by atoms with Crippen LogP contribution < -0.4 is 0 Å². The van der Waals surface area contributed by atoms with Gasteiger partial charge in [0, 0.05) is 24.6 Å². The van der Waals surface area contributed by atoms with E-state index in [0.29, 0.717) is 35.5 Å². The van der Waals surface area contributed by atoms with E-state index < -0.39 is 11.7 Å². The number of nitrogens with one attached hydrogen (secondary N) is 1. The average molecular weight is 363 g/mol. The zero-order valence-electron chi connectivity index (χ0n) is 13.9. The molecule has 1 N–H and O–H groups in total. The van der Waals surface area contributed by atoms with Crippen molar-refractivity contribution in [1.29, 1.82) is 0 Å². The van der Waals surface area contributed by atoms with Crippen molar-refractivity contribution in [1.82, 2.24) is 14.9 Å². The number of aromatic amines is 1. The second-order valence-corrected chi connectivity index (χ2v) is 6.66. The third-order valence-electron chi connectivity index (χ3n) is 4.84. The summed E-state index contributed by atoms with van der Waals surface area (Å²) in [6, 6.07) is 10.2. The molecule has 3 nitrogen and oxygen atoms in total. The number of benzene rings is 2. The number of nitrogens with zero attached hydrogens (tertiary/aromatic N) is 2. The highest BCUT2D eigenvalue weighted by molar-refractivity contribution is 5.76. The summed E-state index contributed by atoms with van der Waals surface area (Å²) in [6.07, 6.45) is -3.54. The molecule has 0 bridgehead atoms. The van der Waals surface area contributed by atoms with Crippen molar-refractivity contribution in [2.45, 2.75) is 25.1 Å². The predicted octanol–water partition coefficient (Wildman–Crippen LogP) is 4.71. The summed E-state index contributed by atoms with van der Waals surface area (Å²) in [7, 11) is 0. The molecule has 26 heavy (non-hydrogen) atoms. The van der Waals surface area contributed by atoms with E-state index >= 15 is 0 Å². The van der Waals surface area contributed by atoms with Gasteiger partial charge in [0.05, 0.1) is 16.6 Å². The van der Waals surface area contributed by atoms with Crippen LogP contribution in [-0.4, -0.2) is 28.0 Å². The molecule has 1 atom stereocenters. The maximum atomic E-state index is 13.8. The molecule has 1 aliphatic rings. The van der Waals surface area contributed by atoms with Gasteiger partial charge in [-0.1, -0.05) is 18.2 Å². The van der Waals surface area contributed by atoms with E-state index in [1.165, 1.54) is 12.1 Å². The number of hydrogen-bond donors (Lipinski definition) is 1. The average Bonchev–Trinajstić information content (AvgIpc) is 3.21. The zero-order valence-corrected chi connectivity index (χ0v) is 13.9. The van der Waals surface area contributed by atoms with Gasteiger partial charge < -0.3 is 4.98 Å². The maximum absolute atomic E-state index is 13.8. The molecular formula is C19H17F4N3. The van der Waals surface area contributed by atoms with Gasteiger partial charge >= 0.3 is 6.18 Å². The molecule has 136 valence electrons. The van der Waals surface area contributed by atoms with E-state index in [1.54, 1.807) is 12.1 Å². The Morgan fingerprint density at radius 2 is 1.96 bits per heavy atom. The number of hydrogen-bond acceptors (Lipinski definition) is 2. The molecule has 2 aromatic carbocycles. The normalized spacial score (nSPS) is 18.7. The molecule has 4 rings (SSSR count). The van der Waals surface area contributed by atoms with E-state index in [9.17, 15) is 17.6 Å². The Kier molecular flexibility index (Phi) is 4.19. The maximum Gasteiger partial charge on any atom is 0.416 e. The summed E-state index contributed by atoms with van der Waals surface area (Å²) in [5.41, 5.74) is 0.878. The van der Waals surface area contributed by atoms with Crippen molar-refractivity contribution in [3.8, 4) is 0 Å². The first-order chi connectivity index (χ1) is 12.4. The summed E-state index contributed by atoms with van der Waals surface area (Å²) in [6.45, 7) is 2.01. The first kappa shape index (κ1) is 17.0. The summed E-state index contributed by atoms with van der Waals surface area (Å²) in [5, 5.41) is 0. The van der Waals surface area contributed by atoms with Crippen LogP contribution in [-0.2, 0) is 12.7 Å². The minimum absolute atomic E-state index is 0.100. The van der Waals surface area contributed by atoms with Crippen LogP contribution in [0, 0.1) is 5.82 Å². The highest BCUT2D eigenvalue weighted by Crippen LogP contribution is 2.32. The standard InChI is InChI=1S/C19H17F4N3/c20-15-4-2-1-3-12(15)10-26-8-7-13(11-26)18-24-16-6-5-14(19(21,22)23)9-17(16)25-18/h1-6,9,13H,7-8,10-11H2,(H,24,25)/t13-/m0/s1. The van der Waals surface area contributed by atoms with Crippen LogP contribution in [0.4, 0.5) is 17.6 Å². The number of H-pyrrole nitrogens is 1. The lowest BCUT2D eigenvalue weighted by Gasteiger charge is -2.15. The summed E-state index contributed by atoms with van der Waals surface area (Å²) in [4.78, 5) is 9.62. The molecule has 1 fully saturated rings. The van der Waals surface area contributed by atoms with Crippen molar-refractivity contribution in [2.24, 2.45) is 0 Å². The molecule has 0 radical (unpaired) electrons. The number of alkyl halides is 3. The minimum Gasteiger partial charge on any atom is -0.342 e. The lowest BCUT2D eigenvalue weighted by molar-refractivity contribution is -0.137. The van der Waals surface area contributed by atoms with Crippen molar-refractivity contribution in [3.63, 3.8) is 0 Å². The third-order valence-corrected chi connectivity index (χ3v) is 4.84. The highest BCUT2D eigenvalue weighted by Gasteiger charge is 2.31. The number of likely N-dealkylation sites (tertiary alicyclic amines) is 1. The molecule has 0 aliphatic carbocycles. The number of rotatable bonds is 3. The SMILES string of the molecule is Fc1ccccc1CN1CC[C@H](c2nc3ccc(C(F)(F)F)cc3[nH]2)C1. The Labute approximate surface area is 147 Å². The minimum atomic E-state index is -4.37. The first-order valence-electron chi connectivity index (χ1n) is 8.43. The molecule has 1 aliphatic heterocycles. The highest BCUT2D eigenvalue weighted by atomic mass is 19.4. The Bertz CT molecular complexity index is 932. The van der Waals surface area contributed by atoms with Gasteiger partial charge in [-0.05, 0) is 37.2 Å². The number of halogens is 4. The monoisotopic (exact) mass is 363 g/mol. The third kappa shape index (κ3) is 3.31. The molecule has 0 spiro atoms. The number of imidazole rings is 1. The fraction of sp³-hybridized carbons (Fsp3) is 0.316. The van der Waals surface area contributed by atoms with E-state index in [0.717, 1.165) is 25.1 Å². The van der Waals surface area contributed by atoms with Crippen LogP contribution in [0.2, 0.25) is 0 Å². The fourth-order valence-corrected chi connectivity index (χ4v) is 3.47. The second-order valence-electron chi connectivity index (χ2n) is 6.66. The van der Waals surface area contributed by atoms with Gasteiger partial charge in [-0.25, -0.2) is 9.37 Å². The van der Waals surface area contributed by atoms with Crippen LogP contribution in [0.5, 0.6) is 0 Å². The van der Waals surface area contributed by atoms with E-state index in [2.05, 4.69) is 14.9 Å². The molecule has 1 aromatic heterocycles. The predicted molar refractivity (Wildman–Crippen MR) is 90.1 cm³/mol. The van der Waals surface area contributed by atoms with Gasteiger partial charge in [0.25, 0.3) is 0 Å². The summed E-state index contributed by atoms with van der Waals surface area (Å²) < 4.78 is 52.3. The summed E-state index contributed by atoms with van der Waals surface area (Å²) in [5.74, 6) is 0.568. The second kappa shape index (κ2) is 6.39. The van der Waals surface area contributed by atoms with E-state index in [1.807, 2.05) is 6.07 Å². The molecule has 0 saturated carbocycles. The van der Waals surface area contributed by atoms with E-state index in [4.69, 9.17) is 0 Å². The van der Waals surface area contributed by atoms with E-state index in [-0.39, 0.29) is 11.7 Å². The lowest BCUT2D eigenvalue weighted by Crippen LogP contribution is -2.20. The molecule has 1 saturated heterocycles. The van der Waals surface area contributed by atoms with Crippen LogP contribution in [0.1, 0.15) is 29.3 Å². The molecule has 0 amide bonds. The van der Waals surface area contributed by atoms with Crippen LogP contribution in [0.15, 0.2) is 42.5 Å². The quantitative estimate of drug-likeness (QED) is 0.684. The largest absolute Gasteiger partial charge is 0.416 e. The molecule has 7 heteroatoms. The van der Waals surface area contributed by atoms with Crippen LogP contribution >= 0.6 is 0 Å². The molecular weight excluding hydrogens is 346 g/mol. The van der Waals surface area contributed by atoms with Crippen LogP contribution in [0.3, 0.4) is 0 Å². The lowest BCUT2D eigenvalue weighted by atomic mass is 10.1. The van der Waals surface area contributed by atoms with Gasteiger partial charge in [-0.3, -0.25) is 4.90 Å². The molecule has 2 heterocycles. The first-order valence-corrected chi connectivity index (χ1v) is 8.43. The Balaban J connectivity index is 1.51. The van der Waals surface area contributed by atoms with Crippen LogP contribution in [0.25, 0.3) is 11.0 Å². The topological polar surface area (TPSA) is 31.9 Å². The fourth-order valence-electron chi connectivity index (χ4n) is 3.47. The van der Waals surface area contributed by atoms with Gasteiger partial charge in [0.15, 0.2) is 0 Å². The molecule has 3 aromatic rings. The van der Waals surface area contributed by atoms with Gasteiger partial charge in [-0.2, -0.15) is 13.2 Å². The van der Waals surface area contributed by atoms with Crippen molar-refractivity contribution < 1.29 is 17.6 Å². The smallest absolute Gasteiger partial charge is 0.342 e. The number of aromatic nitrogens is 2. The Hall–Kier alpha value is -2.41. The molecule has 0 unspecified atom stereocenters. The van der Waals surface area contributed by atoms with Gasteiger partial charge in [-0.15, -0.1) is 0 Å². The van der Waals surface area contributed by atoms with Crippen molar-refractivity contribution in [2.75, 3.05) is 13.1 Å². The van der Waals surface area contributed by atoms with Crippen molar-refractivity contribution in [3.05, 3.63) is 65.2 Å². The van der Waals surface area contributed by atoms with Crippen molar-refractivity contribution >= 4 is 11.0 Å². The Morgan fingerprint density at radius 1 is 1.15 bits per heavy atom. The zero-order chi connectivity index (χ0) is 18.3. The summed E-state index contributed by atoms with van der Waals surface area (Å²) >= 11 is 0. The number of fused-ring (bicyclic) bond motifs is 1. The van der Waals surface area contributed by atoms with Gasteiger partial charge in [0.2, 0.25) is 0 Å². The van der Waals surface area contributed by atoms with Gasteiger partial charge in [0.1, 0.15) is 11.6 Å².